The van der Waals surface area contributed by atoms with Crippen LogP contribution < -0.4 is 16.4 Å². The first-order valence-electron chi connectivity index (χ1n) is 12.8. The molecule has 37 heavy (non-hydrogen) atoms. The second-order valence-electron chi connectivity index (χ2n) is 9.59. The van der Waals surface area contributed by atoms with Gasteiger partial charge in [-0.3, -0.25) is 4.79 Å². The number of amides is 1. The number of carbonyl (C=O) groups is 1. The van der Waals surface area contributed by atoms with Crippen LogP contribution in [0.25, 0.3) is 10.8 Å². The third-order valence-corrected chi connectivity index (χ3v) is 7.80. The van der Waals surface area contributed by atoms with E-state index < -0.39 is 0 Å². The number of nitrogens with two attached hydrogens (primary N) is 1. The molecule has 192 valence electrons. The third kappa shape index (κ3) is 6.53. The summed E-state index contributed by atoms with van der Waals surface area (Å²) in [4.78, 5) is 22.5. The van der Waals surface area contributed by atoms with Gasteiger partial charge < -0.3 is 26.2 Å². The van der Waals surface area contributed by atoms with Crippen LogP contribution in [0.1, 0.15) is 28.0 Å². The maximum Gasteiger partial charge on any atom is 0.256 e. The van der Waals surface area contributed by atoms with Gasteiger partial charge in [-0.05, 0) is 67.0 Å². The second-order valence-corrected chi connectivity index (χ2v) is 10.6. The lowest BCUT2D eigenvalue weighted by molar-refractivity contribution is 0.102. The molecule has 3 aromatic carbocycles. The van der Waals surface area contributed by atoms with Crippen LogP contribution in [-0.4, -0.2) is 60.5 Å². The first kappa shape index (κ1) is 25.4. The summed E-state index contributed by atoms with van der Waals surface area (Å²) in [6.45, 7) is 5.97. The highest BCUT2D eigenvalue weighted by atomic mass is 32.1. The lowest BCUT2D eigenvalue weighted by Gasteiger charge is -2.32. The van der Waals surface area contributed by atoms with Gasteiger partial charge in [0.1, 0.15) is 5.00 Å². The number of aromatic nitrogens is 1. The summed E-state index contributed by atoms with van der Waals surface area (Å²) < 4.78 is 0. The normalized spacial score (nSPS) is 14.6. The fraction of sp³-hybridized carbons (Fsp3) is 0.310. The molecule has 0 aliphatic carbocycles. The molecule has 2 heterocycles. The molecule has 1 amide bonds. The smallest absolute Gasteiger partial charge is 0.256 e. The highest BCUT2D eigenvalue weighted by Gasteiger charge is 2.15. The minimum atomic E-state index is -0.153. The fourth-order valence-electron chi connectivity index (χ4n) is 4.61. The summed E-state index contributed by atoms with van der Waals surface area (Å²) >= 11 is 1.39. The van der Waals surface area contributed by atoms with Crippen molar-refractivity contribution in [2.45, 2.75) is 19.4 Å². The Kier molecular flexibility index (Phi) is 8.11. The number of piperazine rings is 1. The molecular weight excluding hydrogens is 480 g/mol. The Bertz CT molecular complexity index is 1340. The minimum Gasteiger partial charge on any atom is -0.331 e. The van der Waals surface area contributed by atoms with Crippen LogP contribution in [-0.2, 0) is 13.0 Å². The Morgan fingerprint density at radius 2 is 1.76 bits per heavy atom. The Hall–Kier alpha value is -3.30. The van der Waals surface area contributed by atoms with Crippen LogP contribution in [0.2, 0.25) is 0 Å². The van der Waals surface area contributed by atoms with Gasteiger partial charge in [0.2, 0.25) is 0 Å². The summed E-state index contributed by atoms with van der Waals surface area (Å²) in [6.07, 6.45) is 2.15. The number of nitrogens with one attached hydrogen (secondary N) is 2. The summed E-state index contributed by atoms with van der Waals surface area (Å²) in [6, 6.07) is 22.3. The SMILES string of the molecule is CN1CCN(CCCc2ccc(C(=O)Nc3sc(Nc4ccc5ccccc5c4)nc3CN)cc2)CC1. The van der Waals surface area contributed by atoms with E-state index in [2.05, 4.69) is 68.9 Å². The van der Waals surface area contributed by atoms with Gasteiger partial charge >= 0.3 is 0 Å². The molecule has 4 aromatic rings. The number of carbonyl (C=O) groups excluding carboxylic acids is 1. The molecule has 8 heteroatoms. The number of fused-ring (bicyclic) bond motifs is 1. The Labute approximate surface area is 222 Å². The monoisotopic (exact) mass is 514 g/mol. The zero-order chi connectivity index (χ0) is 25.6. The topological polar surface area (TPSA) is 86.5 Å². The highest BCUT2D eigenvalue weighted by molar-refractivity contribution is 7.19. The lowest BCUT2D eigenvalue weighted by Crippen LogP contribution is -2.44. The Morgan fingerprint density at radius 3 is 2.51 bits per heavy atom. The molecule has 5 rings (SSSR count). The molecule has 1 saturated heterocycles. The first-order valence-corrected chi connectivity index (χ1v) is 13.7. The van der Waals surface area contributed by atoms with E-state index in [9.17, 15) is 4.79 Å². The quantitative estimate of drug-likeness (QED) is 0.294. The number of nitrogens with zero attached hydrogens (tertiary/aromatic N) is 3. The van der Waals surface area contributed by atoms with Gasteiger partial charge in [-0.1, -0.05) is 53.8 Å². The lowest BCUT2D eigenvalue weighted by atomic mass is 10.1. The summed E-state index contributed by atoms with van der Waals surface area (Å²) in [5.74, 6) is -0.153. The van der Waals surface area contributed by atoms with Gasteiger partial charge in [-0.2, -0.15) is 0 Å². The molecule has 1 aromatic heterocycles. The standard InChI is InChI=1S/C29H34N6OS/c1-34-15-17-35(18-16-34)14-4-5-21-8-10-23(11-9-21)27(36)33-28-26(20-30)32-29(37-28)31-25-13-12-22-6-2-3-7-24(22)19-25/h2-3,6-13,19H,4-5,14-18,20,30H2,1H3,(H,31,32)(H,33,36). The van der Waals surface area contributed by atoms with Crippen molar-refractivity contribution in [1.29, 1.82) is 0 Å². The maximum absolute atomic E-state index is 13.0. The molecule has 1 aliphatic rings. The molecule has 0 unspecified atom stereocenters. The van der Waals surface area contributed by atoms with E-state index in [-0.39, 0.29) is 12.5 Å². The van der Waals surface area contributed by atoms with Gasteiger partial charge in [-0.25, -0.2) is 4.98 Å². The van der Waals surface area contributed by atoms with Crippen molar-refractivity contribution < 1.29 is 4.79 Å². The van der Waals surface area contributed by atoms with Crippen molar-refractivity contribution in [3.05, 3.63) is 83.6 Å². The van der Waals surface area contributed by atoms with E-state index >= 15 is 0 Å². The molecule has 1 aliphatic heterocycles. The average Bonchev–Trinajstić information content (AvgIpc) is 3.31. The highest BCUT2D eigenvalue weighted by Crippen LogP contribution is 2.31. The number of likely N-dealkylation sites (N-methyl/N-ethyl adjacent to an activating group) is 1. The minimum absolute atomic E-state index is 0.153. The third-order valence-electron chi connectivity index (χ3n) is 6.87. The Morgan fingerprint density at radius 1 is 1.00 bits per heavy atom. The molecule has 0 radical (unpaired) electrons. The van der Waals surface area contributed by atoms with Gasteiger partial charge in [-0.15, -0.1) is 0 Å². The van der Waals surface area contributed by atoms with Gasteiger partial charge in [0.05, 0.1) is 5.69 Å². The van der Waals surface area contributed by atoms with Crippen LogP contribution in [0.5, 0.6) is 0 Å². The maximum atomic E-state index is 13.0. The molecule has 0 bridgehead atoms. The van der Waals surface area contributed by atoms with Crippen molar-refractivity contribution in [3.8, 4) is 0 Å². The van der Waals surface area contributed by atoms with Crippen LogP contribution in [0.15, 0.2) is 66.7 Å². The van der Waals surface area contributed by atoms with Gasteiger partial charge in [0.15, 0.2) is 5.13 Å². The zero-order valence-corrected chi connectivity index (χ0v) is 22.1. The fourth-order valence-corrected chi connectivity index (χ4v) is 5.52. The van der Waals surface area contributed by atoms with Crippen molar-refractivity contribution >= 4 is 43.8 Å². The average molecular weight is 515 g/mol. The summed E-state index contributed by atoms with van der Waals surface area (Å²) in [7, 11) is 2.18. The van der Waals surface area contributed by atoms with E-state index in [4.69, 9.17) is 5.73 Å². The number of thiazole rings is 1. The second kappa shape index (κ2) is 11.8. The first-order chi connectivity index (χ1) is 18.1. The van der Waals surface area contributed by atoms with E-state index in [1.165, 1.54) is 22.3 Å². The molecule has 1 fully saturated rings. The van der Waals surface area contributed by atoms with E-state index in [0.717, 1.165) is 56.6 Å². The molecular formula is C29H34N6OS. The van der Waals surface area contributed by atoms with Crippen LogP contribution in [0.3, 0.4) is 0 Å². The molecule has 4 N–H and O–H groups in total. The number of rotatable bonds is 9. The predicted octanol–water partition coefficient (Wildman–Crippen LogP) is 4.93. The number of hydrogen-bond donors (Lipinski definition) is 3. The van der Waals surface area contributed by atoms with Crippen LogP contribution in [0, 0.1) is 0 Å². The van der Waals surface area contributed by atoms with Gasteiger partial charge in [0, 0.05) is 44.0 Å². The predicted molar refractivity (Wildman–Crippen MR) is 154 cm³/mol. The molecule has 7 nitrogen and oxygen atoms in total. The largest absolute Gasteiger partial charge is 0.331 e. The number of anilines is 3. The van der Waals surface area contributed by atoms with Crippen molar-refractivity contribution in [3.63, 3.8) is 0 Å². The van der Waals surface area contributed by atoms with E-state index in [1.807, 2.05) is 30.3 Å². The summed E-state index contributed by atoms with van der Waals surface area (Å²) in [5.41, 5.74) is 9.43. The van der Waals surface area contributed by atoms with Crippen molar-refractivity contribution in [2.75, 3.05) is 50.4 Å². The Balaban J connectivity index is 1.17. The van der Waals surface area contributed by atoms with Crippen LogP contribution in [0.4, 0.5) is 15.8 Å². The molecule has 0 saturated carbocycles. The number of benzene rings is 3. The number of hydrogen-bond acceptors (Lipinski definition) is 7. The van der Waals surface area contributed by atoms with Crippen molar-refractivity contribution in [2.24, 2.45) is 5.73 Å². The number of aryl methyl sites for hydroxylation is 1. The van der Waals surface area contributed by atoms with E-state index in [1.54, 1.807) is 0 Å². The molecule has 0 spiro atoms. The van der Waals surface area contributed by atoms with E-state index in [0.29, 0.717) is 21.4 Å². The van der Waals surface area contributed by atoms with Crippen LogP contribution >= 0.6 is 11.3 Å². The zero-order valence-electron chi connectivity index (χ0n) is 21.2. The summed E-state index contributed by atoms with van der Waals surface area (Å²) in [5, 5.41) is 10.1. The molecule has 0 atom stereocenters. The van der Waals surface area contributed by atoms with Crippen molar-refractivity contribution in [1.82, 2.24) is 14.8 Å². The van der Waals surface area contributed by atoms with Gasteiger partial charge in [0.25, 0.3) is 5.91 Å².